The number of aromatic nitrogens is 2. The Bertz CT molecular complexity index is 961. The lowest BCUT2D eigenvalue weighted by Crippen LogP contribution is -2.44. The molecule has 5 nitrogen and oxygen atoms in total. The summed E-state index contributed by atoms with van der Waals surface area (Å²) in [5.74, 6) is 0.680. The molecule has 0 radical (unpaired) electrons. The van der Waals surface area contributed by atoms with Gasteiger partial charge in [-0.3, -0.25) is 4.99 Å². The molecule has 0 unspecified atom stereocenters. The van der Waals surface area contributed by atoms with Gasteiger partial charge in [-0.2, -0.15) is 5.10 Å². The number of guanidine groups is 1. The third-order valence-electron chi connectivity index (χ3n) is 5.04. The van der Waals surface area contributed by atoms with Crippen molar-refractivity contribution in [3.05, 3.63) is 83.4 Å². The molecule has 3 aromatic rings. The number of halogens is 1. The molecule has 0 aliphatic carbocycles. The van der Waals surface area contributed by atoms with E-state index in [1.54, 1.807) is 16.8 Å². The summed E-state index contributed by atoms with van der Waals surface area (Å²) in [5.41, 5.74) is 4.63. The first kappa shape index (κ1) is 18.2. The Labute approximate surface area is 164 Å². The Hall–Kier alpha value is -3.15. The van der Waals surface area contributed by atoms with Gasteiger partial charge < -0.3 is 10.2 Å². The van der Waals surface area contributed by atoms with Gasteiger partial charge in [0.05, 0.1) is 11.4 Å². The van der Waals surface area contributed by atoms with E-state index in [2.05, 4.69) is 44.6 Å². The zero-order valence-corrected chi connectivity index (χ0v) is 16.0. The standard InChI is InChI=1S/C22H24FN5/c1-24-22(27-14-11-17-4-2-3-5-18(17)16-27)25-13-10-20-12-15-28(26-20)21-8-6-19(23)7-9-21/h2-9,12,15H,10-11,13-14,16H2,1H3,(H,24,25). The van der Waals surface area contributed by atoms with Crippen molar-refractivity contribution >= 4 is 5.96 Å². The van der Waals surface area contributed by atoms with Crippen LogP contribution in [0, 0.1) is 5.82 Å². The molecule has 1 aromatic heterocycles. The van der Waals surface area contributed by atoms with Crippen LogP contribution in [0.3, 0.4) is 0 Å². The van der Waals surface area contributed by atoms with Crippen molar-refractivity contribution in [1.82, 2.24) is 20.0 Å². The van der Waals surface area contributed by atoms with E-state index in [0.717, 1.165) is 49.8 Å². The monoisotopic (exact) mass is 377 g/mol. The van der Waals surface area contributed by atoms with Crippen LogP contribution in [0.15, 0.2) is 65.8 Å². The number of rotatable bonds is 4. The smallest absolute Gasteiger partial charge is 0.193 e. The normalized spacial score (nSPS) is 14.1. The Morgan fingerprint density at radius 3 is 2.68 bits per heavy atom. The van der Waals surface area contributed by atoms with Gasteiger partial charge in [-0.05, 0) is 47.9 Å². The maximum Gasteiger partial charge on any atom is 0.193 e. The van der Waals surface area contributed by atoms with E-state index in [1.807, 2.05) is 19.3 Å². The van der Waals surface area contributed by atoms with Crippen molar-refractivity contribution in [3.63, 3.8) is 0 Å². The minimum Gasteiger partial charge on any atom is -0.356 e. The third-order valence-corrected chi connectivity index (χ3v) is 5.04. The molecule has 2 aromatic carbocycles. The van der Waals surface area contributed by atoms with Crippen molar-refractivity contribution in [2.45, 2.75) is 19.4 Å². The number of hydrogen-bond acceptors (Lipinski definition) is 2. The lowest BCUT2D eigenvalue weighted by atomic mass is 10.0. The van der Waals surface area contributed by atoms with Crippen LogP contribution in [0.25, 0.3) is 5.69 Å². The Morgan fingerprint density at radius 2 is 1.89 bits per heavy atom. The molecular formula is C22H24FN5. The van der Waals surface area contributed by atoms with Gasteiger partial charge in [-0.1, -0.05) is 24.3 Å². The molecular weight excluding hydrogens is 353 g/mol. The molecule has 0 bridgehead atoms. The molecule has 0 spiro atoms. The zero-order chi connectivity index (χ0) is 19.3. The molecule has 2 heterocycles. The SMILES string of the molecule is CN=C(NCCc1ccn(-c2ccc(F)cc2)n1)N1CCc2ccccc2C1. The molecule has 1 aliphatic rings. The fourth-order valence-electron chi connectivity index (χ4n) is 3.54. The summed E-state index contributed by atoms with van der Waals surface area (Å²) in [6.45, 7) is 2.61. The number of benzene rings is 2. The quantitative estimate of drug-likeness (QED) is 0.561. The molecule has 0 amide bonds. The topological polar surface area (TPSA) is 45.5 Å². The lowest BCUT2D eigenvalue weighted by molar-refractivity contribution is 0.379. The predicted octanol–water partition coefficient (Wildman–Crippen LogP) is 3.19. The van der Waals surface area contributed by atoms with Crippen molar-refractivity contribution < 1.29 is 4.39 Å². The van der Waals surface area contributed by atoms with Gasteiger partial charge in [0.1, 0.15) is 5.82 Å². The van der Waals surface area contributed by atoms with E-state index in [1.165, 1.54) is 23.3 Å². The van der Waals surface area contributed by atoms with Crippen LogP contribution in [0.2, 0.25) is 0 Å². The highest BCUT2D eigenvalue weighted by molar-refractivity contribution is 5.80. The minimum absolute atomic E-state index is 0.243. The van der Waals surface area contributed by atoms with Crippen LogP contribution in [-0.2, 0) is 19.4 Å². The first-order valence-electron chi connectivity index (χ1n) is 9.56. The average molecular weight is 377 g/mol. The van der Waals surface area contributed by atoms with Gasteiger partial charge in [0.25, 0.3) is 0 Å². The fraction of sp³-hybridized carbons (Fsp3) is 0.273. The number of fused-ring (bicyclic) bond motifs is 1. The van der Waals surface area contributed by atoms with Crippen LogP contribution < -0.4 is 5.32 Å². The fourth-order valence-corrected chi connectivity index (χ4v) is 3.54. The Morgan fingerprint density at radius 1 is 1.11 bits per heavy atom. The highest BCUT2D eigenvalue weighted by Gasteiger charge is 2.18. The molecule has 0 atom stereocenters. The molecule has 1 aliphatic heterocycles. The van der Waals surface area contributed by atoms with Crippen molar-refractivity contribution in [2.24, 2.45) is 4.99 Å². The lowest BCUT2D eigenvalue weighted by Gasteiger charge is -2.31. The summed E-state index contributed by atoms with van der Waals surface area (Å²) in [6, 6.07) is 16.9. The van der Waals surface area contributed by atoms with Gasteiger partial charge in [0.2, 0.25) is 0 Å². The second-order valence-corrected chi connectivity index (χ2v) is 6.89. The second-order valence-electron chi connectivity index (χ2n) is 6.89. The van der Waals surface area contributed by atoms with E-state index >= 15 is 0 Å². The maximum atomic E-state index is 13.1. The maximum absolute atomic E-state index is 13.1. The molecule has 0 saturated heterocycles. The van der Waals surface area contributed by atoms with Gasteiger partial charge in [-0.25, -0.2) is 9.07 Å². The van der Waals surface area contributed by atoms with Gasteiger partial charge in [0, 0.05) is 39.3 Å². The van der Waals surface area contributed by atoms with Gasteiger partial charge >= 0.3 is 0 Å². The van der Waals surface area contributed by atoms with E-state index in [-0.39, 0.29) is 5.82 Å². The molecule has 0 fully saturated rings. The van der Waals surface area contributed by atoms with Crippen LogP contribution in [0.1, 0.15) is 16.8 Å². The summed E-state index contributed by atoms with van der Waals surface area (Å²) in [7, 11) is 1.83. The number of aliphatic imine (C=N–C) groups is 1. The number of nitrogens with one attached hydrogen (secondary N) is 1. The minimum atomic E-state index is -0.243. The number of hydrogen-bond donors (Lipinski definition) is 1. The van der Waals surface area contributed by atoms with E-state index in [4.69, 9.17) is 0 Å². The molecule has 4 rings (SSSR count). The predicted molar refractivity (Wildman–Crippen MR) is 109 cm³/mol. The average Bonchev–Trinajstić information content (AvgIpc) is 3.20. The van der Waals surface area contributed by atoms with Crippen molar-refractivity contribution in [2.75, 3.05) is 20.1 Å². The number of nitrogens with zero attached hydrogens (tertiary/aromatic N) is 4. The van der Waals surface area contributed by atoms with Crippen LogP contribution in [0.4, 0.5) is 4.39 Å². The van der Waals surface area contributed by atoms with Crippen molar-refractivity contribution in [1.29, 1.82) is 0 Å². The second kappa shape index (κ2) is 8.25. The largest absolute Gasteiger partial charge is 0.356 e. The summed E-state index contributed by atoms with van der Waals surface area (Å²) in [4.78, 5) is 6.74. The van der Waals surface area contributed by atoms with Gasteiger partial charge in [0.15, 0.2) is 5.96 Å². The van der Waals surface area contributed by atoms with E-state index < -0.39 is 0 Å². The molecule has 28 heavy (non-hydrogen) atoms. The van der Waals surface area contributed by atoms with Crippen LogP contribution in [0.5, 0.6) is 0 Å². The van der Waals surface area contributed by atoms with E-state index in [9.17, 15) is 4.39 Å². The summed E-state index contributed by atoms with van der Waals surface area (Å²) in [5, 5.41) is 8.03. The molecule has 1 N–H and O–H groups in total. The van der Waals surface area contributed by atoms with Crippen LogP contribution >= 0.6 is 0 Å². The van der Waals surface area contributed by atoms with Crippen LogP contribution in [-0.4, -0.2) is 40.8 Å². The first-order chi connectivity index (χ1) is 13.7. The van der Waals surface area contributed by atoms with Gasteiger partial charge in [-0.15, -0.1) is 0 Å². The summed E-state index contributed by atoms with van der Waals surface area (Å²) in [6.07, 6.45) is 3.73. The highest BCUT2D eigenvalue weighted by atomic mass is 19.1. The third kappa shape index (κ3) is 4.06. The Kier molecular flexibility index (Phi) is 5.37. The van der Waals surface area contributed by atoms with E-state index in [0.29, 0.717) is 0 Å². The van der Waals surface area contributed by atoms with Crippen molar-refractivity contribution in [3.8, 4) is 5.69 Å². The molecule has 0 saturated carbocycles. The Balaban J connectivity index is 1.33. The first-order valence-corrected chi connectivity index (χ1v) is 9.56. The summed E-state index contributed by atoms with van der Waals surface area (Å²) >= 11 is 0. The summed E-state index contributed by atoms with van der Waals surface area (Å²) < 4.78 is 14.8. The molecule has 144 valence electrons. The molecule has 6 heteroatoms. The highest BCUT2D eigenvalue weighted by Crippen LogP contribution is 2.18. The zero-order valence-electron chi connectivity index (χ0n) is 16.0.